The Morgan fingerprint density at radius 1 is 1.22 bits per heavy atom. The summed E-state index contributed by atoms with van der Waals surface area (Å²) in [4.78, 5) is 23.8. The number of nitrogens with zero attached hydrogens (tertiary/aromatic N) is 3. The summed E-state index contributed by atoms with van der Waals surface area (Å²) in [5, 5.41) is 3.81. The van der Waals surface area contributed by atoms with Crippen LogP contribution in [-0.2, 0) is 4.74 Å². The first kappa shape index (κ1) is 14.6. The maximum Gasteiger partial charge on any atom is 0.263 e. The number of pyridine rings is 1. The fraction of sp³-hybridized carbons (Fsp3) is 0.438. The average molecular weight is 330 g/mol. The van der Waals surface area contributed by atoms with Gasteiger partial charge >= 0.3 is 0 Å². The van der Waals surface area contributed by atoms with Gasteiger partial charge in [0.15, 0.2) is 0 Å². The Morgan fingerprint density at radius 2 is 2.04 bits per heavy atom. The Labute approximate surface area is 138 Å². The number of carbonyl (C=O) groups is 1. The van der Waals surface area contributed by atoms with Gasteiger partial charge in [-0.15, -0.1) is 11.3 Å². The Hall–Kier alpha value is -1.99. The molecule has 1 saturated heterocycles. The van der Waals surface area contributed by atoms with Crippen molar-refractivity contribution in [1.82, 2.24) is 15.3 Å². The van der Waals surface area contributed by atoms with Gasteiger partial charge in [-0.05, 0) is 25.0 Å². The summed E-state index contributed by atoms with van der Waals surface area (Å²) in [6, 6.07) is 4.38. The number of hydrogen-bond donors (Lipinski definition) is 1. The molecule has 0 spiro atoms. The van der Waals surface area contributed by atoms with Gasteiger partial charge in [0.05, 0.1) is 19.4 Å². The van der Waals surface area contributed by atoms with E-state index in [1.54, 1.807) is 6.20 Å². The number of aromatic nitrogens is 2. The summed E-state index contributed by atoms with van der Waals surface area (Å²) >= 11 is 1.41. The minimum Gasteiger partial charge on any atom is -0.378 e. The van der Waals surface area contributed by atoms with E-state index in [4.69, 9.17) is 4.74 Å². The van der Waals surface area contributed by atoms with Gasteiger partial charge in [-0.3, -0.25) is 4.79 Å². The standard InChI is InChI=1S/C16H18N4O2S/c21-15(19-12-2-3-12)13-10-18-16(23-13)11-1-4-14(17-9-11)20-5-7-22-8-6-20/h1,4,9-10,12H,2-3,5-8H2,(H,19,21). The summed E-state index contributed by atoms with van der Waals surface area (Å²) in [6.07, 6.45) is 5.65. The Kier molecular flexibility index (Phi) is 3.97. The first-order valence-electron chi connectivity index (χ1n) is 7.85. The van der Waals surface area contributed by atoms with E-state index >= 15 is 0 Å². The van der Waals surface area contributed by atoms with Gasteiger partial charge in [-0.2, -0.15) is 0 Å². The first-order chi connectivity index (χ1) is 11.3. The van der Waals surface area contributed by atoms with E-state index in [1.807, 2.05) is 18.3 Å². The average Bonchev–Trinajstić information content (AvgIpc) is 3.27. The number of carbonyl (C=O) groups excluding carboxylic acids is 1. The van der Waals surface area contributed by atoms with Crippen LogP contribution in [0, 0.1) is 0 Å². The van der Waals surface area contributed by atoms with E-state index in [0.29, 0.717) is 10.9 Å². The molecule has 0 bridgehead atoms. The first-order valence-corrected chi connectivity index (χ1v) is 8.67. The SMILES string of the molecule is O=C(NC1CC1)c1cnc(-c2ccc(N3CCOCC3)nc2)s1. The fourth-order valence-corrected chi connectivity index (χ4v) is 3.30. The van der Waals surface area contributed by atoms with Gasteiger partial charge in [-0.1, -0.05) is 0 Å². The molecule has 4 rings (SSSR count). The largest absolute Gasteiger partial charge is 0.378 e. The molecule has 120 valence electrons. The van der Waals surface area contributed by atoms with E-state index in [9.17, 15) is 4.79 Å². The minimum atomic E-state index is -0.0193. The van der Waals surface area contributed by atoms with Crippen LogP contribution in [0.4, 0.5) is 5.82 Å². The lowest BCUT2D eigenvalue weighted by Crippen LogP contribution is -2.36. The van der Waals surface area contributed by atoms with Crippen molar-refractivity contribution in [2.24, 2.45) is 0 Å². The number of ether oxygens (including phenoxy) is 1. The molecule has 1 aliphatic carbocycles. The maximum atomic E-state index is 12.0. The van der Waals surface area contributed by atoms with E-state index in [2.05, 4.69) is 20.2 Å². The zero-order chi connectivity index (χ0) is 15.6. The molecule has 0 radical (unpaired) electrons. The van der Waals surface area contributed by atoms with Gasteiger partial charge in [0, 0.05) is 30.9 Å². The van der Waals surface area contributed by atoms with Crippen LogP contribution >= 0.6 is 11.3 Å². The highest BCUT2D eigenvalue weighted by molar-refractivity contribution is 7.16. The van der Waals surface area contributed by atoms with Crippen molar-refractivity contribution in [3.63, 3.8) is 0 Å². The third-order valence-electron chi connectivity index (χ3n) is 3.97. The van der Waals surface area contributed by atoms with Crippen molar-refractivity contribution in [2.75, 3.05) is 31.2 Å². The van der Waals surface area contributed by atoms with Crippen LogP contribution in [0.25, 0.3) is 10.6 Å². The Balaban J connectivity index is 1.47. The van der Waals surface area contributed by atoms with Crippen molar-refractivity contribution < 1.29 is 9.53 Å². The molecule has 7 heteroatoms. The topological polar surface area (TPSA) is 67.4 Å². The molecule has 1 N–H and O–H groups in total. The van der Waals surface area contributed by atoms with Gasteiger partial charge in [0.25, 0.3) is 5.91 Å². The molecule has 2 aromatic rings. The molecule has 2 aromatic heterocycles. The van der Waals surface area contributed by atoms with Gasteiger partial charge < -0.3 is 15.0 Å². The summed E-state index contributed by atoms with van der Waals surface area (Å²) < 4.78 is 5.36. The molecule has 3 heterocycles. The summed E-state index contributed by atoms with van der Waals surface area (Å²) in [7, 11) is 0. The maximum absolute atomic E-state index is 12.0. The van der Waals surface area contributed by atoms with Crippen LogP contribution in [0.5, 0.6) is 0 Å². The third kappa shape index (κ3) is 3.35. The van der Waals surface area contributed by atoms with Crippen molar-refractivity contribution in [3.8, 4) is 10.6 Å². The molecule has 23 heavy (non-hydrogen) atoms. The number of morpholine rings is 1. The van der Waals surface area contributed by atoms with E-state index in [1.165, 1.54) is 11.3 Å². The van der Waals surface area contributed by atoms with Crippen LogP contribution in [0.1, 0.15) is 22.5 Å². The van der Waals surface area contributed by atoms with Crippen molar-refractivity contribution in [1.29, 1.82) is 0 Å². The molecular weight excluding hydrogens is 312 g/mol. The predicted molar refractivity (Wildman–Crippen MR) is 88.9 cm³/mol. The fourth-order valence-electron chi connectivity index (χ4n) is 2.49. The zero-order valence-electron chi connectivity index (χ0n) is 12.7. The molecule has 2 aliphatic rings. The van der Waals surface area contributed by atoms with Gasteiger partial charge in [0.1, 0.15) is 15.7 Å². The highest BCUT2D eigenvalue weighted by atomic mass is 32.1. The molecule has 2 fully saturated rings. The minimum absolute atomic E-state index is 0.0193. The molecular formula is C16H18N4O2S. The number of rotatable bonds is 4. The monoisotopic (exact) mass is 330 g/mol. The molecule has 6 nitrogen and oxygen atoms in total. The molecule has 1 saturated carbocycles. The molecule has 0 atom stereocenters. The Bertz CT molecular complexity index is 690. The number of nitrogens with one attached hydrogen (secondary N) is 1. The van der Waals surface area contributed by atoms with E-state index in [-0.39, 0.29) is 5.91 Å². The molecule has 1 aliphatic heterocycles. The number of anilines is 1. The smallest absolute Gasteiger partial charge is 0.263 e. The van der Waals surface area contributed by atoms with Crippen LogP contribution in [-0.4, -0.2) is 48.2 Å². The highest BCUT2D eigenvalue weighted by Gasteiger charge is 2.24. The normalized spacial score (nSPS) is 18.0. The number of amides is 1. The van der Waals surface area contributed by atoms with Crippen molar-refractivity contribution in [2.45, 2.75) is 18.9 Å². The quantitative estimate of drug-likeness (QED) is 0.928. The molecule has 0 aromatic carbocycles. The summed E-state index contributed by atoms with van der Waals surface area (Å²) in [5.74, 6) is 0.939. The zero-order valence-corrected chi connectivity index (χ0v) is 13.5. The van der Waals surface area contributed by atoms with E-state index < -0.39 is 0 Å². The predicted octanol–water partition coefficient (Wildman–Crippen LogP) is 1.93. The van der Waals surface area contributed by atoms with Crippen LogP contribution in [0.3, 0.4) is 0 Å². The summed E-state index contributed by atoms with van der Waals surface area (Å²) in [5.41, 5.74) is 0.942. The van der Waals surface area contributed by atoms with Crippen LogP contribution < -0.4 is 10.2 Å². The number of hydrogen-bond acceptors (Lipinski definition) is 6. The lowest BCUT2D eigenvalue weighted by molar-refractivity contribution is 0.0955. The van der Waals surface area contributed by atoms with Gasteiger partial charge in [0.2, 0.25) is 0 Å². The van der Waals surface area contributed by atoms with Crippen LogP contribution in [0.2, 0.25) is 0 Å². The van der Waals surface area contributed by atoms with Crippen molar-refractivity contribution in [3.05, 3.63) is 29.4 Å². The Morgan fingerprint density at radius 3 is 2.74 bits per heavy atom. The summed E-state index contributed by atoms with van der Waals surface area (Å²) in [6.45, 7) is 3.23. The van der Waals surface area contributed by atoms with Crippen LogP contribution in [0.15, 0.2) is 24.5 Å². The molecule has 1 amide bonds. The van der Waals surface area contributed by atoms with Gasteiger partial charge in [-0.25, -0.2) is 9.97 Å². The highest BCUT2D eigenvalue weighted by Crippen LogP contribution is 2.27. The third-order valence-corrected chi connectivity index (χ3v) is 5.02. The van der Waals surface area contributed by atoms with E-state index in [0.717, 1.165) is 55.5 Å². The second-order valence-corrected chi connectivity index (χ2v) is 6.81. The number of thiazole rings is 1. The molecule has 0 unspecified atom stereocenters. The lowest BCUT2D eigenvalue weighted by Gasteiger charge is -2.27. The van der Waals surface area contributed by atoms with Crippen molar-refractivity contribution >= 4 is 23.1 Å². The lowest BCUT2D eigenvalue weighted by atomic mass is 10.3. The second kappa shape index (κ2) is 6.25. The second-order valence-electron chi connectivity index (χ2n) is 5.78.